The second-order valence-corrected chi connectivity index (χ2v) is 3.63. The fourth-order valence-corrected chi connectivity index (χ4v) is 1.44. The summed E-state index contributed by atoms with van der Waals surface area (Å²) in [4.78, 5) is 0. The molecule has 1 radical (unpaired) electrons. The zero-order valence-corrected chi connectivity index (χ0v) is 8.99. The maximum Gasteiger partial charge on any atom is 0.141 e. The Bertz CT molecular complexity index is 412. The third-order valence-corrected chi connectivity index (χ3v) is 2.37. The molecular formula is C12H8BrO. The smallest absolute Gasteiger partial charge is 0.141 e. The highest BCUT2D eigenvalue weighted by atomic mass is 79.9. The lowest BCUT2D eigenvalue weighted by Gasteiger charge is -2.06. The van der Waals surface area contributed by atoms with Crippen molar-refractivity contribution in [1.29, 1.82) is 0 Å². The number of para-hydroxylation sites is 1. The van der Waals surface area contributed by atoms with Gasteiger partial charge in [-0.15, -0.1) is 0 Å². The highest BCUT2D eigenvalue weighted by Crippen LogP contribution is 2.28. The zero-order chi connectivity index (χ0) is 9.80. The van der Waals surface area contributed by atoms with Gasteiger partial charge in [0.15, 0.2) is 0 Å². The lowest BCUT2D eigenvalue weighted by atomic mass is 10.3. The Morgan fingerprint density at radius 2 is 1.86 bits per heavy atom. The summed E-state index contributed by atoms with van der Waals surface area (Å²) in [5.74, 6) is 1.63. The molecule has 0 spiro atoms. The van der Waals surface area contributed by atoms with Crippen LogP contribution in [0.1, 0.15) is 0 Å². The van der Waals surface area contributed by atoms with Crippen molar-refractivity contribution >= 4 is 15.9 Å². The summed E-state index contributed by atoms with van der Waals surface area (Å²) in [6.07, 6.45) is 0. The summed E-state index contributed by atoms with van der Waals surface area (Å²) in [5.41, 5.74) is 0. The topological polar surface area (TPSA) is 9.23 Å². The second-order valence-electron chi connectivity index (χ2n) is 2.77. The maximum atomic E-state index is 5.64. The SMILES string of the molecule is Brc1c[c]ccc1Oc1ccccc1. The first-order valence-corrected chi connectivity index (χ1v) is 5.04. The van der Waals surface area contributed by atoms with Gasteiger partial charge in [-0.2, -0.15) is 0 Å². The first kappa shape index (κ1) is 9.28. The molecule has 0 saturated heterocycles. The number of halogens is 1. The summed E-state index contributed by atoms with van der Waals surface area (Å²) >= 11 is 3.40. The van der Waals surface area contributed by atoms with Gasteiger partial charge in [0.25, 0.3) is 0 Å². The Morgan fingerprint density at radius 1 is 1.07 bits per heavy atom. The fraction of sp³-hybridized carbons (Fsp3) is 0. The Labute approximate surface area is 91.5 Å². The third kappa shape index (κ3) is 2.15. The van der Waals surface area contributed by atoms with Gasteiger partial charge in [-0.25, -0.2) is 0 Å². The Kier molecular flexibility index (Phi) is 2.84. The van der Waals surface area contributed by atoms with E-state index in [1.54, 1.807) is 0 Å². The molecule has 0 saturated carbocycles. The number of benzene rings is 2. The highest BCUT2D eigenvalue weighted by molar-refractivity contribution is 9.10. The first-order valence-electron chi connectivity index (χ1n) is 4.25. The summed E-state index contributed by atoms with van der Waals surface area (Å²) in [6, 6.07) is 18.2. The van der Waals surface area contributed by atoms with Crippen molar-refractivity contribution in [3.63, 3.8) is 0 Å². The lowest BCUT2D eigenvalue weighted by molar-refractivity contribution is 0.479. The Balaban J connectivity index is 2.24. The number of ether oxygens (including phenoxy) is 1. The van der Waals surface area contributed by atoms with E-state index in [0.29, 0.717) is 0 Å². The van der Waals surface area contributed by atoms with Crippen molar-refractivity contribution in [3.8, 4) is 11.5 Å². The van der Waals surface area contributed by atoms with Crippen LogP contribution in [-0.4, -0.2) is 0 Å². The summed E-state index contributed by atoms with van der Waals surface area (Å²) in [7, 11) is 0. The molecule has 0 aliphatic rings. The van der Waals surface area contributed by atoms with Gasteiger partial charge in [0.2, 0.25) is 0 Å². The molecule has 2 aromatic rings. The van der Waals surface area contributed by atoms with Gasteiger partial charge >= 0.3 is 0 Å². The van der Waals surface area contributed by atoms with Gasteiger partial charge < -0.3 is 4.74 Å². The van der Waals surface area contributed by atoms with Crippen LogP contribution >= 0.6 is 15.9 Å². The lowest BCUT2D eigenvalue weighted by Crippen LogP contribution is -1.83. The minimum atomic E-state index is 0.801. The van der Waals surface area contributed by atoms with Crippen molar-refractivity contribution < 1.29 is 4.74 Å². The quantitative estimate of drug-likeness (QED) is 0.779. The van der Waals surface area contributed by atoms with E-state index in [9.17, 15) is 0 Å². The Morgan fingerprint density at radius 3 is 2.57 bits per heavy atom. The summed E-state index contributed by atoms with van der Waals surface area (Å²) in [5, 5.41) is 0. The van der Waals surface area contributed by atoms with E-state index in [2.05, 4.69) is 22.0 Å². The molecule has 2 heteroatoms. The molecule has 0 aliphatic carbocycles. The summed E-state index contributed by atoms with van der Waals surface area (Å²) < 4.78 is 6.55. The highest BCUT2D eigenvalue weighted by Gasteiger charge is 1.99. The van der Waals surface area contributed by atoms with Gasteiger partial charge in [0.05, 0.1) is 4.47 Å². The molecule has 1 nitrogen and oxygen atoms in total. The molecule has 0 atom stereocenters. The van der Waals surface area contributed by atoms with E-state index in [-0.39, 0.29) is 0 Å². The van der Waals surface area contributed by atoms with Crippen LogP contribution in [-0.2, 0) is 0 Å². The molecule has 2 aromatic carbocycles. The normalized spacial score (nSPS) is 9.79. The molecule has 69 valence electrons. The number of hydrogen-bond acceptors (Lipinski definition) is 1. The molecule has 0 heterocycles. The fourth-order valence-electron chi connectivity index (χ4n) is 1.09. The van der Waals surface area contributed by atoms with Crippen LogP contribution in [0, 0.1) is 6.07 Å². The molecule has 0 unspecified atom stereocenters. The molecule has 0 bridgehead atoms. The van der Waals surface area contributed by atoms with E-state index >= 15 is 0 Å². The standard InChI is InChI=1S/C12H8BrO/c13-11-8-4-5-9-12(11)14-10-6-2-1-3-7-10/h1-3,5-9H. The van der Waals surface area contributed by atoms with Crippen molar-refractivity contribution in [3.05, 3.63) is 59.1 Å². The van der Waals surface area contributed by atoms with Crippen LogP contribution < -0.4 is 4.74 Å². The van der Waals surface area contributed by atoms with Crippen LogP contribution in [0.15, 0.2) is 53.0 Å². The van der Waals surface area contributed by atoms with Gasteiger partial charge in [-0.1, -0.05) is 24.3 Å². The van der Waals surface area contributed by atoms with Gasteiger partial charge in [0, 0.05) is 0 Å². The molecule has 0 aromatic heterocycles. The number of rotatable bonds is 2. The molecule has 0 fully saturated rings. The van der Waals surface area contributed by atoms with Crippen molar-refractivity contribution in [2.45, 2.75) is 0 Å². The van der Waals surface area contributed by atoms with E-state index < -0.39 is 0 Å². The van der Waals surface area contributed by atoms with Gasteiger partial charge in [-0.3, -0.25) is 0 Å². The second kappa shape index (κ2) is 4.29. The van der Waals surface area contributed by atoms with E-state index in [1.165, 1.54) is 0 Å². The molecular weight excluding hydrogens is 240 g/mol. The first-order chi connectivity index (χ1) is 6.86. The van der Waals surface area contributed by atoms with Crippen molar-refractivity contribution in [2.75, 3.05) is 0 Å². The molecule has 2 rings (SSSR count). The average molecular weight is 248 g/mol. The van der Waals surface area contributed by atoms with Crippen molar-refractivity contribution in [1.82, 2.24) is 0 Å². The van der Waals surface area contributed by atoms with E-state index in [4.69, 9.17) is 4.74 Å². The monoisotopic (exact) mass is 247 g/mol. The minimum Gasteiger partial charge on any atom is -0.456 e. The predicted octanol–water partition coefficient (Wildman–Crippen LogP) is 4.04. The van der Waals surface area contributed by atoms with E-state index in [1.807, 2.05) is 48.5 Å². The largest absolute Gasteiger partial charge is 0.456 e. The summed E-state index contributed by atoms with van der Waals surface area (Å²) in [6.45, 7) is 0. The molecule has 0 amide bonds. The maximum absolute atomic E-state index is 5.64. The molecule has 0 N–H and O–H groups in total. The van der Waals surface area contributed by atoms with Crippen LogP contribution in [0.25, 0.3) is 0 Å². The van der Waals surface area contributed by atoms with E-state index in [0.717, 1.165) is 16.0 Å². The average Bonchev–Trinajstić information content (AvgIpc) is 2.23. The van der Waals surface area contributed by atoms with Crippen LogP contribution in [0.5, 0.6) is 11.5 Å². The van der Waals surface area contributed by atoms with Crippen LogP contribution in [0.4, 0.5) is 0 Å². The molecule has 0 aliphatic heterocycles. The minimum absolute atomic E-state index is 0.801. The van der Waals surface area contributed by atoms with Gasteiger partial charge in [0.1, 0.15) is 11.5 Å². The number of hydrogen-bond donors (Lipinski definition) is 0. The van der Waals surface area contributed by atoms with Crippen LogP contribution in [0.3, 0.4) is 0 Å². The third-order valence-electron chi connectivity index (χ3n) is 1.75. The van der Waals surface area contributed by atoms with Crippen LogP contribution in [0.2, 0.25) is 0 Å². The Hall–Kier alpha value is -1.28. The zero-order valence-electron chi connectivity index (χ0n) is 7.41. The van der Waals surface area contributed by atoms with Crippen molar-refractivity contribution in [2.24, 2.45) is 0 Å². The van der Waals surface area contributed by atoms with Gasteiger partial charge in [-0.05, 0) is 46.3 Å². The predicted molar refractivity (Wildman–Crippen MR) is 59.5 cm³/mol. The molecule has 14 heavy (non-hydrogen) atoms.